The van der Waals surface area contributed by atoms with E-state index in [9.17, 15) is 0 Å². The fourth-order valence-corrected chi connectivity index (χ4v) is 1.75. The average molecular weight is 213 g/mol. The summed E-state index contributed by atoms with van der Waals surface area (Å²) in [6, 6.07) is 5.71. The van der Waals surface area contributed by atoms with Crippen molar-refractivity contribution in [1.82, 2.24) is 9.88 Å². The van der Waals surface area contributed by atoms with Crippen LogP contribution in [0.15, 0.2) is 18.2 Å². The van der Waals surface area contributed by atoms with Gasteiger partial charge in [-0.1, -0.05) is 17.7 Å². The molecule has 1 saturated heterocycles. The van der Waals surface area contributed by atoms with E-state index < -0.39 is 0 Å². The van der Waals surface area contributed by atoms with E-state index >= 15 is 0 Å². The van der Waals surface area contributed by atoms with E-state index in [0.717, 1.165) is 25.3 Å². The first kappa shape index (κ1) is 9.90. The average Bonchev–Trinajstić information content (AvgIpc) is 2.10. The van der Waals surface area contributed by atoms with Gasteiger partial charge in [0.15, 0.2) is 0 Å². The predicted octanol–water partition coefficient (Wildman–Crippen LogP) is 1.57. The van der Waals surface area contributed by atoms with Crippen LogP contribution in [0.25, 0.3) is 0 Å². The fraction of sp³-hybridized carbons (Fsp3) is 0.500. The Labute approximate surface area is 88.6 Å². The van der Waals surface area contributed by atoms with Gasteiger partial charge < -0.3 is 4.74 Å². The summed E-state index contributed by atoms with van der Waals surface area (Å²) in [5.74, 6) is 0. The molecule has 0 amide bonds. The van der Waals surface area contributed by atoms with E-state index in [2.05, 4.69) is 9.88 Å². The van der Waals surface area contributed by atoms with Gasteiger partial charge in [0.05, 0.1) is 11.8 Å². The van der Waals surface area contributed by atoms with Crippen LogP contribution in [-0.2, 0) is 11.3 Å². The number of aromatic nitrogens is 1. The van der Waals surface area contributed by atoms with Gasteiger partial charge in [0.2, 0.25) is 0 Å². The maximum atomic E-state index is 5.79. The molecule has 0 N–H and O–H groups in total. The Morgan fingerprint density at radius 2 is 2.36 bits per heavy atom. The van der Waals surface area contributed by atoms with E-state index in [-0.39, 0.29) is 0 Å². The van der Waals surface area contributed by atoms with Crippen LogP contribution in [0.2, 0.25) is 5.15 Å². The summed E-state index contributed by atoms with van der Waals surface area (Å²) in [6.07, 6.45) is 0.397. The highest BCUT2D eigenvalue weighted by Gasteiger charge is 2.26. The number of halogens is 1. The second-order valence-corrected chi connectivity index (χ2v) is 3.89. The van der Waals surface area contributed by atoms with Crippen molar-refractivity contribution in [3.05, 3.63) is 29.0 Å². The van der Waals surface area contributed by atoms with Gasteiger partial charge in [-0.25, -0.2) is 4.98 Å². The molecule has 14 heavy (non-hydrogen) atoms. The lowest BCUT2D eigenvalue weighted by molar-refractivity contribution is -0.0339. The standard InChI is InChI=1S/C10H13ClN2O/c1-14-9-6-13(7-9)5-8-3-2-4-10(11)12-8/h2-4,9H,5-7H2,1H3. The van der Waals surface area contributed by atoms with Crippen molar-refractivity contribution in [2.45, 2.75) is 12.6 Å². The first-order valence-corrected chi connectivity index (χ1v) is 5.02. The molecular formula is C10H13ClN2O. The summed E-state index contributed by atoms with van der Waals surface area (Å²) in [5.41, 5.74) is 1.02. The van der Waals surface area contributed by atoms with Crippen LogP contribution >= 0.6 is 11.6 Å². The molecule has 1 aliphatic heterocycles. The number of rotatable bonds is 3. The van der Waals surface area contributed by atoms with Crippen molar-refractivity contribution in [2.24, 2.45) is 0 Å². The number of ether oxygens (including phenoxy) is 1. The second kappa shape index (κ2) is 4.26. The summed E-state index contributed by atoms with van der Waals surface area (Å²) >= 11 is 5.79. The van der Waals surface area contributed by atoms with E-state index in [4.69, 9.17) is 16.3 Å². The third-order valence-electron chi connectivity index (χ3n) is 2.42. The zero-order valence-corrected chi connectivity index (χ0v) is 8.87. The molecule has 1 aromatic heterocycles. The molecule has 1 aromatic rings. The van der Waals surface area contributed by atoms with Gasteiger partial charge >= 0.3 is 0 Å². The van der Waals surface area contributed by atoms with Crippen LogP contribution in [0.4, 0.5) is 0 Å². The third kappa shape index (κ3) is 2.23. The Balaban J connectivity index is 1.87. The molecule has 1 fully saturated rings. The molecule has 0 aromatic carbocycles. The molecule has 3 nitrogen and oxygen atoms in total. The maximum absolute atomic E-state index is 5.79. The Bertz CT molecular complexity index is 313. The van der Waals surface area contributed by atoms with Gasteiger partial charge in [-0.2, -0.15) is 0 Å². The van der Waals surface area contributed by atoms with Crippen LogP contribution in [0.5, 0.6) is 0 Å². The molecule has 0 aliphatic carbocycles. The third-order valence-corrected chi connectivity index (χ3v) is 2.63. The Morgan fingerprint density at radius 3 is 3.00 bits per heavy atom. The number of likely N-dealkylation sites (tertiary alicyclic amines) is 1. The van der Waals surface area contributed by atoms with Crippen LogP contribution < -0.4 is 0 Å². The predicted molar refractivity (Wildman–Crippen MR) is 55.3 cm³/mol. The Hall–Kier alpha value is -0.640. The van der Waals surface area contributed by atoms with Gasteiger partial charge in [-0.05, 0) is 12.1 Å². The molecule has 0 atom stereocenters. The van der Waals surface area contributed by atoms with E-state index in [1.165, 1.54) is 0 Å². The minimum absolute atomic E-state index is 0.397. The maximum Gasteiger partial charge on any atom is 0.129 e. The van der Waals surface area contributed by atoms with Crippen molar-refractivity contribution in [3.8, 4) is 0 Å². The van der Waals surface area contributed by atoms with Gasteiger partial charge in [0.1, 0.15) is 5.15 Å². The largest absolute Gasteiger partial charge is 0.379 e. The summed E-state index contributed by atoms with van der Waals surface area (Å²) in [4.78, 5) is 6.51. The molecule has 0 saturated carbocycles. The van der Waals surface area contributed by atoms with E-state index in [1.54, 1.807) is 13.2 Å². The fourth-order valence-electron chi connectivity index (χ4n) is 1.57. The lowest BCUT2D eigenvalue weighted by Crippen LogP contribution is -2.51. The monoisotopic (exact) mass is 212 g/mol. The van der Waals surface area contributed by atoms with Crippen molar-refractivity contribution >= 4 is 11.6 Å². The van der Waals surface area contributed by atoms with Crippen molar-refractivity contribution in [2.75, 3.05) is 20.2 Å². The van der Waals surface area contributed by atoms with Crippen LogP contribution in [0, 0.1) is 0 Å². The first-order valence-electron chi connectivity index (χ1n) is 4.64. The van der Waals surface area contributed by atoms with E-state index in [0.29, 0.717) is 11.3 Å². The Kier molecular flexibility index (Phi) is 3.01. The van der Waals surface area contributed by atoms with Crippen molar-refractivity contribution < 1.29 is 4.74 Å². The zero-order chi connectivity index (χ0) is 9.97. The molecule has 0 spiro atoms. The summed E-state index contributed by atoms with van der Waals surface area (Å²) in [7, 11) is 1.75. The Morgan fingerprint density at radius 1 is 1.57 bits per heavy atom. The molecule has 76 valence electrons. The number of hydrogen-bond donors (Lipinski definition) is 0. The summed E-state index contributed by atoms with van der Waals surface area (Å²) in [6.45, 7) is 2.84. The molecule has 0 unspecified atom stereocenters. The van der Waals surface area contributed by atoms with Gasteiger partial charge in [-0.15, -0.1) is 0 Å². The molecule has 0 bridgehead atoms. The van der Waals surface area contributed by atoms with Crippen LogP contribution in [0.3, 0.4) is 0 Å². The minimum atomic E-state index is 0.397. The summed E-state index contributed by atoms with van der Waals surface area (Å²) in [5, 5.41) is 0.561. The van der Waals surface area contributed by atoms with Gasteiger partial charge in [-0.3, -0.25) is 4.90 Å². The smallest absolute Gasteiger partial charge is 0.129 e. The highest BCUT2D eigenvalue weighted by molar-refractivity contribution is 6.29. The van der Waals surface area contributed by atoms with Gasteiger partial charge in [0.25, 0.3) is 0 Å². The molecule has 2 rings (SSSR count). The molecule has 1 aliphatic rings. The number of pyridine rings is 1. The number of nitrogens with zero attached hydrogens (tertiary/aromatic N) is 2. The quantitative estimate of drug-likeness (QED) is 0.712. The lowest BCUT2D eigenvalue weighted by atomic mass is 10.1. The second-order valence-electron chi connectivity index (χ2n) is 3.50. The molecule has 4 heteroatoms. The first-order chi connectivity index (χ1) is 6.78. The van der Waals surface area contributed by atoms with Crippen molar-refractivity contribution in [3.63, 3.8) is 0 Å². The molecule has 0 radical (unpaired) electrons. The number of hydrogen-bond acceptors (Lipinski definition) is 3. The molecular weight excluding hydrogens is 200 g/mol. The normalized spacial score (nSPS) is 18.1. The highest BCUT2D eigenvalue weighted by atomic mass is 35.5. The lowest BCUT2D eigenvalue weighted by Gasteiger charge is -2.37. The van der Waals surface area contributed by atoms with Crippen molar-refractivity contribution in [1.29, 1.82) is 0 Å². The van der Waals surface area contributed by atoms with Crippen LogP contribution in [-0.4, -0.2) is 36.2 Å². The highest BCUT2D eigenvalue weighted by Crippen LogP contribution is 2.14. The topological polar surface area (TPSA) is 25.4 Å². The molecule has 2 heterocycles. The number of methoxy groups -OCH3 is 1. The SMILES string of the molecule is COC1CN(Cc2cccc(Cl)n2)C1. The van der Waals surface area contributed by atoms with Gasteiger partial charge in [0, 0.05) is 26.7 Å². The summed E-state index contributed by atoms with van der Waals surface area (Å²) < 4.78 is 5.19. The van der Waals surface area contributed by atoms with E-state index in [1.807, 2.05) is 12.1 Å². The minimum Gasteiger partial charge on any atom is -0.379 e. The van der Waals surface area contributed by atoms with Crippen LogP contribution in [0.1, 0.15) is 5.69 Å². The zero-order valence-electron chi connectivity index (χ0n) is 8.11.